The lowest BCUT2D eigenvalue weighted by atomic mass is 9.94. The lowest BCUT2D eigenvalue weighted by Gasteiger charge is -2.24. The molecule has 2 N–H and O–H groups in total. The van der Waals surface area contributed by atoms with E-state index in [1.807, 2.05) is 6.92 Å². The minimum atomic E-state index is -0.250. The number of benzene rings is 1. The highest BCUT2D eigenvalue weighted by molar-refractivity contribution is 5.39. The van der Waals surface area contributed by atoms with E-state index in [2.05, 4.69) is 52.1 Å². The van der Waals surface area contributed by atoms with Crippen molar-refractivity contribution in [2.75, 3.05) is 0 Å². The van der Waals surface area contributed by atoms with Gasteiger partial charge in [0, 0.05) is 12.1 Å². The van der Waals surface area contributed by atoms with Gasteiger partial charge in [0.15, 0.2) is 0 Å². The Morgan fingerprint density at radius 3 is 2.00 bits per heavy atom. The second kappa shape index (κ2) is 6.35. The Morgan fingerprint density at radius 2 is 1.56 bits per heavy atom. The largest absolute Gasteiger partial charge is 0.393 e. The Hall–Kier alpha value is -0.860. The van der Waals surface area contributed by atoms with Gasteiger partial charge in [0.2, 0.25) is 0 Å². The smallest absolute Gasteiger partial charge is 0.0526 e. The van der Waals surface area contributed by atoms with Crippen LogP contribution < -0.4 is 5.32 Å². The molecule has 0 aliphatic rings. The monoisotopic (exact) mass is 249 g/mol. The summed E-state index contributed by atoms with van der Waals surface area (Å²) in [4.78, 5) is 0. The van der Waals surface area contributed by atoms with Crippen LogP contribution in [0.4, 0.5) is 0 Å². The van der Waals surface area contributed by atoms with Gasteiger partial charge in [-0.2, -0.15) is 0 Å². The van der Waals surface area contributed by atoms with E-state index in [0.29, 0.717) is 12.1 Å². The molecule has 102 valence electrons. The molecule has 3 unspecified atom stereocenters. The standard InChI is InChI=1S/C16H27NO/c1-10-7-11(2)16(12(3)8-10)15(6)17-13(4)9-14(5)18/h7-8,13-15,17-18H,9H2,1-6H3. The second-order valence-electron chi connectivity index (χ2n) is 5.69. The third kappa shape index (κ3) is 4.11. The topological polar surface area (TPSA) is 32.3 Å². The van der Waals surface area contributed by atoms with Crippen LogP contribution in [0.25, 0.3) is 0 Å². The molecule has 0 saturated heterocycles. The molecule has 0 bridgehead atoms. The first-order valence-corrected chi connectivity index (χ1v) is 6.83. The first-order valence-electron chi connectivity index (χ1n) is 6.83. The Labute approximate surface area is 111 Å². The average molecular weight is 249 g/mol. The van der Waals surface area contributed by atoms with Gasteiger partial charge >= 0.3 is 0 Å². The third-order valence-electron chi connectivity index (χ3n) is 3.40. The van der Waals surface area contributed by atoms with Crippen molar-refractivity contribution in [3.8, 4) is 0 Å². The SMILES string of the molecule is Cc1cc(C)c(C(C)NC(C)CC(C)O)c(C)c1. The van der Waals surface area contributed by atoms with Crippen molar-refractivity contribution in [1.29, 1.82) is 0 Å². The van der Waals surface area contributed by atoms with Crippen LogP contribution >= 0.6 is 0 Å². The van der Waals surface area contributed by atoms with E-state index in [9.17, 15) is 5.11 Å². The highest BCUT2D eigenvalue weighted by Crippen LogP contribution is 2.24. The van der Waals surface area contributed by atoms with E-state index in [0.717, 1.165) is 6.42 Å². The van der Waals surface area contributed by atoms with Crippen LogP contribution in [-0.4, -0.2) is 17.3 Å². The summed E-state index contributed by atoms with van der Waals surface area (Å²) >= 11 is 0. The van der Waals surface area contributed by atoms with Crippen LogP contribution in [0.3, 0.4) is 0 Å². The van der Waals surface area contributed by atoms with E-state index >= 15 is 0 Å². The first kappa shape index (κ1) is 15.2. The van der Waals surface area contributed by atoms with Crippen LogP contribution in [0.15, 0.2) is 12.1 Å². The summed E-state index contributed by atoms with van der Waals surface area (Å²) in [6, 6.07) is 5.11. The number of aliphatic hydroxyl groups excluding tert-OH is 1. The molecule has 2 heteroatoms. The fraction of sp³-hybridized carbons (Fsp3) is 0.625. The van der Waals surface area contributed by atoms with Crippen molar-refractivity contribution in [1.82, 2.24) is 5.32 Å². The van der Waals surface area contributed by atoms with Gasteiger partial charge in [-0.15, -0.1) is 0 Å². The van der Waals surface area contributed by atoms with Gasteiger partial charge in [-0.25, -0.2) is 0 Å². The molecule has 0 heterocycles. The maximum absolute atomic E-state index is 9.41. The van der Waals surface area contributed by atoms with Gasteiger partial charge in [0.05, 0.1) is 6.10 Å². The minimum absolute atomic E-state index is 0.250. The van der Waals surface area contributed by atoms with Crippen molar-refractivity contribution in [2.45, 2.75) is 66.2 Å². The number of rotatable bonds is 5. The number of hydrogen-bond donors (Lipinski definition) is 2. The molecule has 1 aromatic rings. The molecule has 0 spiro atoms. The van der Waals surface area contributed by atoms with Gasteiger partial charge in [0.1, 0.15) is 0 Å². The van der Waals surface area contributed by atoms with Gasteiger partial charge in [-0.05, 0) is 64.7 Å². The zero-order valence-corrected chi connectivity index (χ0v) is 12.5. The van der Waals surface area contributed by atoms with Crippen LogP contribution in [0.1, 0.15) is 55.5 Å². The summed E-state index contributed by atoms with van der Waals surface area (Å²) in [6.45, 7) is 12.6. The molecule has 2 nitrogen and oxygen atoms in total. The van der Waals surface area contributed by atoms with Crippen molar-refractivity contribution < 1.29 is 5.11 Å². The molecule has 0 amide bonds. The fourth-order valence-electron chi connectivity index (χ4n) is 2.96. The zero-order chi connectivity index (χ0) is 13.9. The first-order chi connectivity index (χ1) is 8.31. The normalized spacial score (nSPS) is 16.4. The third-order valence-corrected chi connectivity index (χ3v) is 3.40. The van der Waals surface area contributed by atoms with E-state index in [1.165, 1.54) is 22.3 Å². The summed E-state index contributed by atoms with van der Waals surface area (Å²) < 4.78 is 0. The molecule has 18 heavy (non-hydrogen) atoms. The lowest BCUT2D eigenvalue weighted by Crippen LogP contribution is -2.32. The van der Waals surface area contributed by atoms with Crippen LogP contribution in [0, 0.1) is 20.8 Å². The van der Waals surface area contributed by atoms with Gasteiger partial charge in [-0.3, -0.25) is 0 Å². The van der Waals surface area contributed by atoms with E-state index in [1.54, 1.807) is 0 Å². The molecule has 0 saturated carbocycles. The number of aliphatic hydroxyl groups is 1. The van der Waals surface area contributed by atoms with Gasteiger partial charge in [-0.1, -0.05) is 17.7 Å². The highest BCUT2D eigenvalue weighted by Gasteiger charge is 2.15. The molecule has 0 aliphatic carbocycles. The molecule has 3 atom stereocenters. The van der Waals surface area contributed by atoms with E-state index in [-0.39, 0.29) is 6.10 Å². The van der Waals surface area contributed by atoms with Crippen LogP contribution in [-0.2, 0) is 0 Å². The Kier molecular flexibility index (Phi) is 5.36. The molecule has 1 aromatic carbocycles. The van der Waals surface area contributed by atoms with Crippen LogP contribution in [0.5, 0.6) is 0 Å². The number of nitrogens with one attached hydrogen (secondary N) is 1. The molecule has 0 fully saturated rings. The molecular formula is C16H27NO. The molecule has 0 aromatic heterocycles. The average Bonchev–Trinajstić information content (AvgIpc) is 2.12. The van der Waals surface area contributed by atoms with Crippen LogP contribution in [0.2, 0.25) is 0 Å². The summed E-state index contributed by atoms with van der Waals surface area (Å²) in [5, 5.41) is 13.0. The Bertz CT molecular complexity index is 375. The Balaban J connectivity index is 2.81. The van der Waals surface area contributed by atoms with Crippen molar-refractivity contribution in [2.24, 2.45) is 0 Å². The Morgan fingerprint density at radius 1 is 1.06 bits per heavy atom. The second-order valence-corrected chi connectivity index (χ2v) is 5.69. The lowest BCUT2D eigenvalue weighted by molar-refractivity contribution is 0.168. The van der Waals surface area contributed by atoms with Gasteiger partial charge in [0.25, 0.3) is 0 Å². The molecular weight excluding hydrogens is 222 g/mol. The van der Waals surface area contributed by atoms with E-state index in [4.69, 9.17) is 0 Å². The molecule has 0 aliphatic heterocycles. The van der Waals surface area contributed by atoms with Crippen molar-refractivity contribution in [3.05, 3.63) is 34.4 Å². The quantitative estimate of drug-likeness (QED) is 0.838. The number of aryl methyl sites for hydroxylation is 3. The maximum Gasteiger partial charge on any atom is 0.0526 e. The summed E-state index contributed by atoms with van der Waals surface area (Å²) in [6.07, 6.45) is 0.536. The minimum Gasteiger partial charge on any atom is -0.393 e. The maximum atomic E-state index is 9.41. The van der Waals surface area contributed by atoms with Crippen molar-refractivity contribution >= 4 is 0 Å². The van der Waals surface area contributed by atoms with Gasteiger partial charge < -0.3 is 10.4 Å². The predicted octanol–water partition coefficient (Wildman–Crippen LogP) is 3.42. The summed E-state index contributed by atoms with van der Waals surface area (Å²) in [5.41, 5.74) is 5.39. The summed E-state index contributed by atoms with van der Waals surface area (Å²) in [5.74, 6) is 0. The number of hydrogen-bond acceptors (Lipinski definition) is 2. The summed E-state index contributed by atoms with van der Waals surface area (Å²) in [7, 11) is 0. The fourth-order valence-corrected chi connectivity index (χ4v) is 2.96. The van der Waals surface area contributed by atoms with Crippen molar-refractivity contribution in [3.63, 3.8) is 0 Å². The van der Waals surface area contributed by atoms with E-state index < -0.39 is 0 Å². The zero-order valence-electron chi connectivity index (χ0n) is 12.5. The molecule has 1 rings (SSSR count). The highest BCUT2D eigenvalue weighted by atomic mass is 16.3. The predicted molar refractivity (Wildman–Crippen MR) is 78.0 cm³/mol. The molecule has 0 radical (unpaired) electrons.